The van der Waals surface area contributed by atoms with E-state index in [4.69, 9.17) is 9.47 Å². The molecule has 6 nitrogen and oxygen atoms in total. The van der Waals surface area contributed by atoms with E-state index in [0.717, 1.165) is 58.2 Å². The second kappa shape index (κ2) is 39.1. The van der Waals surface area contributed by atoms with E-state index < -0.39 is 0 Å². The molecule has 0 heterocycles. The average molecular weight is 710 g/mol. The molecule has 6 heteroatoms. The zero-order valence-corrected chi connectivity index (χ0v) is 34.1. The molecule has 0 spiro atoms. The number of hydrogen-bond donors (Lipinski definition) is 1. The van der Waals surface area contributed by atoms with Crippen molar-refractivity contribution < 1.29 is 24.2 Å². The van der Waals surface area contributed by atoms with Crippen LogP contribution in [-0.4, -0.2) is 61.4 Å². The van der Waals surface area contributed by atoms with Gasteiger partial charge in [-0.1, -0.05) is 143 Å². The van der Waals surface area contributed by atoms with Gasteiger partial charge in [0.1, 0.15) is 0 Å². The summed E-state index contributed by atoms with van der Waals surface area (Å²) in [4.78, 5) is 27.3. The van der Waals surface area contributed by atoms with Gasteiger partial charge >= 0.3 is 11.9 Å². The van der Waals surface area contributed by atoms with E-state index in [1.165, 1.54) is 141 Å². The van der Waals surface area contributed by atoms with Crippen molar-refractivity contribution in [3.8, 4) is 0 Å². The van der Waals surface area contributed by atoms with E-state index in [1.807, 2.05) is 0 Å². The van der Waals surface area contributed by atoms with Crippen LogP contribution in [0.2, 0.25) is 0 Å². The van der Waals surface area contributed by atoms with Gasteiger partial charge in [0.15, 0.2) is 0 Å². The Bertz CT molecular complexity index is 663. The number of aliphatic hydroxyl groups excluding tert-OH is 1. The van der Waals surface area contributed by atoms with Gasteiger partial charge in [0.2, 0.25) is 0 Å². The monoisotopic (exact) mass is 710 g/mol. The molecule has 2 atom stereocenters. The highest BCUT2D eigenvalue weighted by atomic mass is 16.5. The Morgan fingerprint density at radius 1 is 0.440 bits per heavy atom. The van der Waals surface area contributed by atoms with Crippen molar-refractivity contribution in [3.05, 3.63) is 0 Å². The van der Waals surface area contributed by atoms with Crippen molar-refractivity contribution in [1.82, 2.24) is 4.90 Å². The quantitative estimate of drug-likeness (QED) is 0.0504. The van der Waals surface area contributed by atoms with Crippen molar-refractivity contribution in [2.75, 3.05) is 39.5 Å². The van der Waals surface area contributed by atoms with Crippen LogP contribution in [0.4, 0.5) is 0 Å². The molecule has 50 heavy (non-hydrogen) atoms. The molecule has 2 unspecified atom stereocenters. The van der Waals surface area contributed by atoms with Crippen molar-refractivity contribution >= 4 is 11.9 Å². The third-order valence-corrected chi connectivity index (χ3v) is 10.4. The fourth-order valence-electron chi connectivity index (χ4n) is 6.95. The molecule has 1 N–H and O–H groups in total. The standard InChI is InChI=1S/C44H87NO5/c1-5-9-13-21-31-41(29-11-7-3)39-49-43(47)33-23-17-15-19-25-35-45(37-27-28-38-46)36-26-20-16-18-24-34-44(48)50-40-42(30-12-8-4)32-22-14-10-6-2/h41-42,46H,5-40H2,1-4H3. The van der Waals surface area contributed by atoms with Crippen LogP contribution >= 0.6 is 0 Å². The van der Waals surface area contributed by atoms with Gasteiger partial charge in [0, 0.05) is 19.4 Å². The number of unbranched alkanes of at least 4 members (excludes halogenated alkanes) is 17. The van der Waals surface area contributed by atoms with Crippen molar-refractivity contribution in [2.45, 2.75) is 220 Å². The van der Waals surface area contributed by atoms with Crippen LogP contribution < -0.4 is 0 Å². The molecule has 0 saturated carbocycles. The van der Waals surface area contributed by atoms with E-state index in [9.17, 15) is 14.7 Å². The van der Waals surface area contributed by atoms with Crippen molar-refractivity contribution in [3.63, 3.8) is 0 Å². The third kappa shape index (κ3) is 34.0. The maximum absolute atomic E-state index is 12.4. The first-order chi connectivity index (χ1) is 24.5. The van der Waals surface area contributed by atoms with E-state index in [-0.39, 0.29) is 18.5 Å². The maximum atomic E-state index is 12.4. The molecule has 0 aromatic rings. The number of carbonyl (C=O) groups excluding carboxylic acids is 2. The van der Waals surface area contributed by atoms with Gasteiger partial charge in [-0.25, -0.2) is 0 Å². The molecule has 0 radical (unpaired) electrons. The first kappa shape index (κ1) is 48.9. The summed E-state index contributed by atoms with van der Waals surface area (Å²) in [5.74, 6) is 1.06. The van der Waals surface area contributed by atoms with Gasteiger partial charge in [-0.3, -0.25) is 9.59 Å². The molecule has 0 aliphatic carbocycles. The molecule has 0 amide bonds. The van der Waals surface area contributed by atoms with Gasteiger partial charge in [0.05, 0.1) is 13.2 Å². The fraction of sp³-hybridized carbons (Fsp3) is 0.955. The van der Waals surface area contributed by atoms with E-state index in [1.54, 1.807) is 0 Å². The van der Waals surface area contributed by atoms with Gasteiger partial charge in [-0.05, 0) is 95.7 Å². The minimum Gasteiger partial charge on any atom is -0.465 e. The number of ether oxygens (including phenoxy) is 2. The van der Waals surface area contributed by atoms with E-state index in [0.29, 0.717) is 37.9 Å². The highest BCUT2D eigenvalue weighted by molar-refractivity contribution is 5.69. The Morgan fingerprint density at radius 3 is 1.18 bits per heavy atom. The van der Waals surface area contributed by atoms with Crippen LogP contribution in [0.5, 0.6) is 0 Å². The SMILES string of the molecule is CCCCCCC(CCCC)COC(=O)CCCCCCCN(CCCCO)CCCCCCCC(=O)OCC(CCCC)CCCCCC. The Morgan fingerprint density at radius 2 is 0.780 bits per heavy atom. The Balaban J connectivity index is 4.08. The second-order valence-electron chi connectivity index (χ2n) is 15.4. The summed E-state index contributed by atoms with van der Waals surface area (Å²) in [5, 5.41) is 9.26. The van der Waals surface area contributed by atoms with Crippen molar-refractivity contribution in [2.24, 2.45) is 11.8 Å². The Kier molecular flexibility index (Phi) is 38.2. The van der Waals surface area contributed by atoms with Gasteiger partial charge in [-0.2, -0.15) is 0 Å². The van der Waals surface area contributed by atoms with Crippen LogP contribution in [-0.2, 0) is 19.1 Å². The summed E-state index contributed by atoms with van der Waals surface area (Å²) < 4.78 is 11.4. The lowest BCUT2D eigenvalue weighted by atomic mass is 9.96. The number of rotatable bonds is 40. The van der Waals surface area contributed by atoms with Crippen LogP contribution in [0.15, 0.2) is 0 Å². The molecule has 0 aromatic carbocycles. The smallest absolute Gasteiger partial charge is 0.305 e. The summed E-state index contributed by atoms with van der Waals surface area (Å²) in [6.07, 6.45) is 34.2. The van der Waals surface area contributed by atoms with E-state index in [2.05, 4.69) is 32.6 Å². The van der Waals surface area contributed by atoms with Gasteiger partial charge in [0.25, 0.3) is 0 Å². The average Bonchev–Trinajstić information content (AvgIpc) is 3.12. The molecule has 0 aromatic heterocycles. The first-order valence-electron chi connectivity index (χ1n) is 22.1. The molecule has 0 bridgehead atoms. The lowest BCUT2D eigenvalue weighted by Crippen LogP contribution is -2.27. The largest absolute Gasteiger partial charge is 0.465 e. The minimum atomic E-state index is -0.00510. The minimum absolute atomic E-state index is 0.00510. The number of carbonyl (C=O) groups is 2. The lowest BCUT2D eigenvalue weighted by molar-refractivity contribution is -0.146. The van der Waals surface area contributed by atoms with Gasteiger partial charge in [-0.15, -0.1) is 0 Å². The summed E-state index contributed by atoms with van der Waals surface area (Å²) in [5.41, 5.74) is 0. The maximum Gasteiger partial charge on any atom is 0.305 e. The summed E-state index contributed by atoms with van der Waals surface area (Å²) in [7, 11) is 0. The topological polar surface area (TPSA) is 76.1 Å². The van der Waals surface area contributed by atoms with Crippen LogP contribution in [0.1, 0.15) is 220 Å². The first-order valence-corrected chi connectivity index (χ1v) is 22.1. The number of aliphatic hydroxyl groups is 1. The zero-order chi connectivity index (χ0) is 36.8. The summed E-state index contributed by atoms with van der Waals surface area (Å²) in [6, 6.07) is 0. The molecule has 0 rings (SSSR count). The number of nitrogens with zero attached hydrogens (tertiary/aromatic N) is 1. The fourth-order valence-corrected chi connectivity index (χ4v) is 6.95. The second-order valence-corrected chi connectivity index (χ2v) is 15.4. The Labute approximate surface area is 312 Å². The summed E-state index contributed by atoms with van der Waals surface area (Å²) in [6.45, 7) is 13.8. The number of esters is 2. The zero-order valence-electron chi connectivity index (χ0n) is 34.1. The molecule has 0 saturated heterocycles. The molecular formula is C44H87NO5. The van der Waals surface area contributed by atoms with Crippen LogP contribution in [0, 0.1) is 11.8 Å². The predicted octanol–water partition coefficient (Wildman–Crippen LogP) is 12.4. The molecule has 0 fully saturated rings. The normalized spacial score (nSPS) is 12.8. The Hall–Kier alpha value is -1.14. The molecular weight excluding hydrogens is 622 g/mol. The van der Waals surface area contributed by atoms with Crippen LogP contribution in [0.25, 0.3) is 0 Å². The predicted molar refractivity (Wildman–Crippen MR) is 214 cm³/mol. The van der Waals surface area contributed by atoms with Gasteiger partial charge < -0.3 is 19.5 Å². The molecule has 0 aliphatic rings. The molecule has 298 valence electrons. The van der Waals surface area contributed by atoms with E-state index >= 15 is 0 Å². The van der Waals surface area contributed by atoms with Crippen LogP contribution in [0.3, 0.4) is 0 Å². The summed E-state index contributed by atoms with van der Waals surface area (Å²) >= 11 is 0. The highest BCUT2D eigenvalue weighted by Crippen LogP contribution is 2.20. The van der Waals surface area contributed by atoms with Crippen molar-refractivity contribution in [1.29, 1.82) is 0 Å². The molecule has 0 aliphatic heterocycles. The lowest BCUT2D eigenvalue weighted by Gasteiger charge is -2.22. The highest BCUT2D eigenvalue weighted by Gasteiger charge is 2.13. The third-order valence-electron chi connectivity index (χ3n) is 10.4. The number of hydrogen-bond acceptors (Lipinski definition) is 6.